The molecule has 0 unspecified atom stereocenters. The largest absolute Gasteiger partial charge is 0.489 e. The topological polar surface area (TPSA) is 59.1 Å². The van der Waals surface area contributed by atoms with Gasteiger partial charge >= 0.3 is 0 Å². The lowest BCUT2D eigenvalue weighted by Crippen LogP contribution is -2.34. The van der Waals surface area contributed by atoms with Gasteiger partial charge in [-0.3, -0.25) is 9.59 Å². The lowest BCUT2D eigenvalue weighted by molar-refractivity contribution is 0.0969. The number of anilines is 2. The number of benzene rings is 3. The molecule has 0 saturated heterocycles. The van der Waals surface area contributed by atoms with Crippen molar-refractivity contribution in [2.45, 2.75) is 39.5 Å². The van der Waals surface area contributed by atoms with E-state index in [0.29, 0.717) is 35.7 Å². The van der Waals surface area contributed by atoms with Crippen LogP contribution in [0.4, 0.5) is 11.4 Å². The second-order valence-electron chi connectivity index (χ2n) is 9.34. The van der Waals surface area contributed by atoms with E-state index in [9.17, 15) is 9.59 Å². The summed E-state index contributed by atoms with van der Waals surface area (Å²) in [6, 6.07) is 22.4. The Hall–Kier alpha value is -4.32. The van der Waals surface area contributed by atoms with Crippen LogP contribution < -0.4 is 19.3 Å². The third-order valence-electron chi connectivity index (χ3n) is 6.35. The molecule has 0 spiro atoms. The fourth-order valence-electron chi connectivity index (χ4n) is 4.27. The van der Waals surface area contributed by atoms with E-state index in [-0.39, 0.29) is 25.0 Å². The van der Waals surface area contributed by atoms with Crippen molar-refractivity contribution in [1.29, 1.82) is 0 Å². The minimum Gasteiger partial charge on any atom is -0.489 e. The molecule has 0 saturated carbocycles. The Labute approximate surface area is 238 Å². The van der Waals surface area contributed by atoms with E-state index in [1.807, 2.05) is 60.7 Å². The van der Waals surface area contributed by atoms with Gasteiger partial charge in [-0.05, 0) is 49.2 Å². The molecule has 3 aromatic carbocycles. The van der Waals surface area contributed by atoms with Gasteiger partial charge in [0.15, 0.2) is 0 Å². The Balaban J connectivity index is 2.15. The molecule has 3 aromatic rings. The molecule has 0 aliphatic carbocycles. The first-order valence-corrected chi connectivity index (χ1v) is 13.9. The smallest absolute Gasteiger partial charge is 0.262 e. The van der Waals surface area contributed by atoms with Crippen LogP contribution in [0, 0.1) is 0 Å². The van der Waals surface area contributed by atoms with Crippen LogP contribution in [0.25, 0.3) is 0 Å². The fourth-order valence-corrected chi connectivity index (χ4v) is 4.27. The summed E-state index contributed by atoms with van der Waals surface area (Å²) in [5.74, 6) is 0.152. The number of hydrogen-bond donors (Lipinski definition) is 0. The highest BCUT2D eigenvalue weighted by molar-refractivity contribution is 6.12. The molecular formula is C34H40N2O4. The summed E-state index contributed by atoms with van der Waals surface area (Å²) in [6.07, 6.45) is 6.77. The van der Waals surface area contributed by atoms with E-state index in [1.54, 1.807) is 34.1 Å². The van der Waals surface area contributed by atoms with E-state index in [2.05, 4.69) is 27.0 Å². The van der Waals surface area contributed by atoms with Crippen LogP contribution in [0.5, 0.6) is 11.5 Å². The normalized spacial score (nSPS) is 10.4. The molecule has 0 aromatic heterocycles. The Morgan fingerprint density at radius 1 is 0.675 bits per heavy atom. The van der Waals surface area contributed by atoms with Crippen molar-refractivity contribution in [3.63, 3.8) is 0 Å². The Bertz CT molecular complexity index is 1160. The first kappa shape index (κ1) is 30.2. The van der Waals surface area contributed by atoms with Crippen LogP contribution >= 0.6 is 0 Å². The number of unbranched alkanes of at least 4 members (excludes halogenated alkanes) is 2. The molecule has 0 aliphatic rings. The zero-order chi connectivity index (χ0) is 28.7. The molecular weight excluding hydrogens is 500 g/mol. The maximum absolute atomic E-state index is 14.1. The maximum Gasteiger partial charge on any atom is 0.262 e. The van der Waals surface area contributed by atoms with E-state index >= 15 is 0 Å². The summed E-state index contributed by atoms with van der Waals surface area (Å²) in [6.45, 7) is 13.1. The van der Waals surface area contributed by atoms with Crippen LogP contribution in [0.15, 0.2) is 98.1 Å². The number of ether oxygens (including phenoxy) is 2. The van der Waals surface area contributed by atoms with Crippen LogP contribution in [0.3, 0.4) is 0 Å². The van der Waals surface area contributed by atoms with Crippen molar-refractivity contribution >= 4 is 23.2 Å². The van der Waals surface area contributed by atoms with Gasteiger partial charge in [0.25, 0.3) is 11.8 Å². The van der Waals surface area contributed by atoms with Crippen molar-refractivity contribution in [3.8, 4) is 11.5 Å². The monoisotopic (exact) mass is 540 g/mol. The quantitative estimate of drug-likeness (QED) is 0.175. The lowest BCUT2D eigenvalue weighted by Gasteiger charge is -2.26. The third-order valence-corrected chi connectivity index (χ3v) is 6.35. The van der Waals surface area contributed by atoms with Crippen LogP contribution in [0.1, 0.15) is 60.2 Å². The standard InChI is InChI=1S/C34H40N2O4/c1-5-9-21-35(27-17-13-11-14-18-27)33(37)29-25-32(40-24-8-4)30(26-31(29)39-23-7-3)34(38)36(22-10-6-2)28-19-15-12-16-20-28/h7-8,11-20,25-26H,3-6,9-10,21-24H2,1-2H3. The maximum atomic E-state index is 14.1. The average Bonchev–Trinajstić information content (AvgIpc) is 3.00. The van der Waals surface area contributed by atoms with E-state index < -0.39 is 0 Å². The van der Waals surface area contributed by atoms with Gasteiger partial charge in [-0.25, -0.2) is 0 Å². The van der Waals surface area contributed by atoms with Crippen molar-refractivity contribution in [2.75, 3.05) is 36.1 Å². The molecule has 40 heavy (non-hydrogen) atoms. The molecule has 0 N–H and O–H groups in total. The zero-order valence-corrected chi connectivity index (χ0v) is 23.7. The molecule has 210 valence electrons. The third kappa shape index (κ3) is 7.85. The number of carbonyl (C=O) groups excluding carboxylic acids is 2. The molecule has 0 atom stereocenters. The Morgan fingerprint density at radius 3 is 1.38 bits per heavy atom. The summed E-state index contributed by atoms with van der Waals surface area (Å²) >= 11 is 0. The second-order valence-corrected chi connectivity index (χ2v) is 9.34. The summed E-state index contributed by atoms with van der Waals surface area (Å²) in [5, 5.41) is 0. The van der Waals surface area contributed by atoms with Gasteiger partial charge in [-0.15, -0.1) is 0 Å². The van der Waals surface area contributed by atoms with Gasteiger partial charge in [-0.1, -0.05) is 88.4 Å². The van der Waals surface area contributed by atoms with Crippen molar-refractivity contribution in [1.82, 2.24) is 0 Å². The Morgan fingerprint density at radius 2 is 1.05 bits per heavy atom. The molecule has 2 amide bonds. The summed E-state index contributed by atoms with van der Waals surface area (Å²) in [5.41, 5.74) is 2.22. The van der Waals surface area contributed by atoms with Crippen molar-refractivity contribution in [3.05, 3.63) is 109 Å². The highest BCUT2D eigenvalue weighted by Crippen LogP contribution is 2.34. The molecule has 6 nitrogen and oxygen atoms in total. The van der Waals surface area contributed by atoms with Crippen molar-refractivity contribution in [2.24, 2.45) is 0 Å². The number of para-hydroxylation sites is 2. The minimum absolute atomic E-state index is 0.180. The highest BCUT2D eigenvalue weighted by Gasteiger charge is 2.28. The van der Waals surface area contributed by atoms with Gasteiger partial charge in [0.05, 0.1) is 11.1 Å². The summed E-state index contributed by atoms with van der Waals surface area (Å²) < 4.78 is 12.0. The average molecular weight is 541 g/mol. The van der Waals surface area contributed by atoms with E-state index in [1.165, 1.54) is 0 Å². The van der Waals surface area contributed by atoms with Gasteiger partial charge in [0.2, 0.25) is 0 Å². The first-order valence-electron chi connectivity index (χ1n) is 13.9. The van der Waals surface area contributed by atoms with Crippen LogP contribution in [-0.4, -0.2) is 38.1 Å². The second kappa shape index (κ2) is 15.9. The number of amides is 2. The zero-order valence-electron chi connectivity index (χ0n) is 23.7. The predicted molar refractivity (Wildman–Crippen MR) is 164 cm³/mol. The highest BCUT2D eigenvalue weighted by atomic mass is 16.5. The number of hydrogen-bond acceptors (Lipinski definition) is 4. The van der Waals surface area contributed by atoms with E-state index in [4.69, 9.17) is 9.47 Å². The molecule has 6 heteroatoms. The predicted octanol–water partition coefficient (Wildman–Crippen LogP) is 7.71. The van der Waals surface area contributed by atoms with E-state index in [0.717, 1.165) is 37.1 Å². The Kier molecular flexibility index (Phi) is 12.0. The van der Waals surface area contributed by atoms with Crippen molar-refractivity contribution < 1.29 is 19.1 Å². The number of nitrogens with zero attached hydrogens (tertiary/aromatic N) is 2. The molecule has 0 fully saturated rings. The summed E-state index contributed by atoms with van der Waals surface area (Å²) in [7, 11) is 0. The molecule has 0 bridgehead atoms. The van der Waals surface area contributed by atoms with Crippen LogP contribution in [0.2, 0.25) is 0 Å². The first-order chi connectivity index (χ1) is 19.5. The van der Waals surface area contributed by atoms with Gasteiger partial charge in [0.1, 0.15) is 24.7 Å². The van der Waals surface area contributed by atoms with Gasteiger partial charge < -0.3 is 19.3 Å². The SMILES string of the molecule is C=CCOc1cc(C(=O)N(CCCC)c2ccccc2)c(OCC=C)cc1C(=O)N(CCCC)c1ccccc1. The lowest BCUT2D eigenvalue weighted by atomic mass is 10.0. The minimum atomic E-state index is -0.230. The molecule has 0 heterocycles. The molecule has 3 rings (SSSR count). The molecule has 0 radical (unpaired) electrons. The number of rotatable bonds is 16. The van der Waals surface area contributed by atoms with Gasteiger partial charge in [0, 0.05) is 24.5 Å². The fraction of sp³-hybridized carbons (Fsp3) is 0.294. The van der Waals surface area contributed by atoms with Gasteiger partial charge in [-0.2, -0.15) is 0 Å². The van der Waals surface area contributed by atoms with Crippen LogP contribution in [-0.2, 0) is 0 Å². The summed E-state index contributed by atoms with van der Waals surface area (Å²) in [4.78, 5) is 31.7. The molecule has 0 aliphatic heterocycles. The number of carbonyl (C=O) groups is 2.